The Bertz CT molecular complexity index is 969. The van der Waals surface area contributed by atoms with Gasteiger partial charge in [0.2, 0.25) is 0 Å². The monoisotopic (exact) mass is 422 g/mol. The Balaban J connectivity index is 1.51. The Hall–Kier alpha value is -2.53. The van der Waals surface area contributed by atoms with E-state index < -0.39 is 0 Å². The van der Waals surface area contributed by atoms with Gasteiger partial charge in [-0.15, -0.1) is 0 Å². The third kappa shape index (κ3) is 3.80. The maximum absolute atomic E-state index is 13.8. The van der Waals surface area contributed by atoms with Crippen LogP contribution in [0.4, 0.5) is 4.39 Å². The molecule has 2 heterocycles. The number of hydrogen-bond acceptors (Lipinski definition) is 3. The molecule has 0 bridgehead atoms. The van der Waals surface area contributed by atoms with Crippen molar-refractivity contribution in [2.24, 2.45) is 11.8 Å². The van der Waals surface area contributed by atoms with Crippen molar-refractivity contribution in [3.63, 3.8) is 0 Å². The van der Waals surface area contributed by atoms with E-state index in [0.717, 1.165) is 25.1 Å². The van der Waals surface area contributed by atoms with Gasteiger partial charge in [0, 0.05) is 13.1 Å². The van der Waals surface area contributed by atoms with Crippen LogP contribution in [0.25, 0.3) is 0 Å². The van der Waals surface area contributed by atoms with Crippen molar-refractivity contribution in [1.82, 2.24) is 9.80 Å². The van der Waals surface area contributed by atoms with E-state index in [1.807, 2.05) is 6.07 Å². The maximum atomic E-state index is 13.8. The number of amides is 2. The van der Waals surface area contributed by atoms with Crippen LogP contribution >= 0.6 is 0 Å². The number of likely N-dealkylation sites (tertiary alicyclic amines) is 1. The first-order chi connectivity index (χ1) is 14.7. The number of nitrogens with zero attached hydrogens (tertiary/aromatic N) is 2. The highest BCUT2D eigenvalue weighted by Gasteiger charge is 2.43. The number of piperidine rings is 1. The molecule has 4 rings (SSSR count). The largest absolute Gasteiger partial charge is 0.301 e. The highest BCUT2D eigenvalue weighted by molar-refractivity contribution is 6.21. The van der Waals surface area contributed by atoms with Crippen LogP contribution in [0.1, 0.15) is 60.4 Å². The summed E-state index contributed by atoms with van der Waals surface area (Å²) in [7, 11) is 0. The molecule has 0 spiro atoms. The van der Waals surface area contributed by atoms with Crippen LogP contribution in [0, 0.1) is 17.7 Å². The number of imide groups is 1. The van der Waals surface area contributed by atoms with E-state index in [1.165, 1.54) is 11.0 Å². The highest BCUT2D eigenvalue weighted by atomic mass is 19.1. The highest BCUT2D eigenvalue weighted by Crippen LogP contribution is 2.40. The quantitative estimate of drug-likeness (QED) is 0.653. The van der Waals surface area contributed by atoms with Crippen LogP contribution in [0.5, 0.6) is 0 Å². The summed E-state index contributed by atoms with van der Waals surface area (Å²) >= 11 is 0. The van der Waals surface area contributed by atoms with Crippen LogP contribution in [0.3, 0.4) is 0 Å². The molecule has 3 atom stereocenters. The third-order valence-corrected chi connectivity index (χ3v) is 7.42. The summed E-state index contributed by atoms with van der Waals surface area (Å²) < 4.78 is 13.8. The summed E-state index contributed by atoms with van der Waals surface area (Å²) in [5.41, 5.74) is 1.95. The summed E-state index contributed by atoms with van der Waals surface area (Å²) in [6, 6.07) is 13.8. The van der Waals surface area contributed by atoms with E-state index >= 15 is 0 Å². The summed E-state index contributed by atoms with van der Waals surface area (Å²) in [5.74, 6) is -0.103. The van der Waals surface area contributed by atoms with Gasteiger partial charge in [0.05, 0.1) is 17.2 Å². The molecule has 0 N–H and O–H groups in total. The molecule has 164 valence electrons. The van der Waals surface area contributed by atoms with E-state index in [9.17, 15) is 14.0 Å². The minimum Gasteiger partial charge on any atom is -0.301 e. The Labute approximate surface area is 184 Å². The van der Waals surface area contributed by atoms with Crippen molar-refractivity contribution in [3.8, 4) is 0 Å². The first-order valence-electron chi connectivity index (χ1n) is 11.2. The Morgan fingerprint density at radius 1 is 1.06 bits per heavy atom. The average Bonchev–Trinajstić information content (AvgIpc) is 2.99. The van der Waals surface area contributed by atoms with Crippen LogP contribution < -0.4 is 0 Å². The standard InChI is InChI=1S/C26H31FN2O2/c1-17(2)23(29-24(30)21-10-5-6-11-22(21)25(29)31)16-28-13-12-26(4,18(3)15-28)19-8-7-9-20(27)14-19/h5-11,14,17-18,23H,12-13,15-16H2,1-4H3/t18-,23+,26+/m0/s1. The van der Waals surface area contributed by atoms with Gasteiger partial charge in [0.15, 0.2) is 0 Å². The molecule has 4 nitrogen and oxygen atoms in total. The van der Waals surface area contributed by atoms with Gasteiger partial charge in [0.1, 0.15) is 5.82 Å². The number of carbonyl (C=O) groups excluding carboxylic acids is 2. The molecular formula is C26H31FN2O2. The average molecular weight is 423 g/mol. The molecule has 1 saturated heterocycles. The summed E-state index contributed by atoms with van der Waals surface area (Å²) in [6.45, 7) is 10.9. The molecule has 2 amide bonds. The lowest BCUT2D eigenvalue weighted by Crippen LogP contribution is -2.54. The zero-order valence-corrected chi connectivity index (χ0v) is 18.8. The van der Waals surface area contributed by atoms with Crippen LogP contribution in [0.15, 0.2) is 48.5 Å². The maximum Gasteiger partial charge on any atom is 0.261 e. The Morgan fingerprint density at radius 3 is 2.26 bits per heavy atom. The molecule has 2 aromatic rings. The molecule has 0 saturated carbocycles. The molecule has 2 aliphatic rings. The SMILES string of the molecule is CC(C)[C@@H](CN1CC[C@@](C)(c2cccc(F)c2)[C@@H](C)C1)N1C(=O)c2ccccc2C1=O. The van der Waals surface area contributed by atoms with Crippen molar-refractivity contribution in [1.29, 1.82) is 0 Å². The predicted molar refractivity (Wildman–Crippen MR) is 120 cm³/mol. The molecule has 1 fully saturated rings. The van der Waals surface area contributed by atoms with Crippen molar-refractivity contribution in [3.05, 3.63) is 71.0 Å². The van der Waals surface area contributed by atoms with Gasteiger partial charge in [-0.1, -0.05) is 52.0 Å². The topological polar surface area (TPSA) is 40.6 Å². The van der Waals surface area contributed by atoms with Gasteiger partial charge in [-0.3, -0.25) is 14.5 Å². The fourth-order valence-corrected chi connectivity index (χ4v) is 5.12. The zero-order valence-electron chi connectivity index (χ0n) is 18.8. The fraction of sp³-hybridized carbons (Fsp3) is 0.462. The second-order valence-electron chi connectivity index (χ2n) is 9.68. The van der Waals surface area contributed by atoms with Gasteiger partial charge < -0.3 is 4.90 Å². The van der Waals surface area contributed by atoms with Gasteiger partial charge in [-0.05, 0) is 60.0 Å². The molecule has 0 aliphatic carbocycles. The molecule has 5 heteroatoms. The predicted octanol–water partition coefficient (Wildman–Crippen LogP) is 4.75. The van der Waals surface area contributed by atoms with Crippen LogP contribution in [-0.4, -0.2) is 47.3 Å². The lowest BCUT2D eigenvalue weighted by atomic mass is 9.68. The van der Waals surface area contributed by atoms with Crippen LogP contribution in [-0.2, 0) is 5.41 Å². The van der Waals surface area contributed by atoms with Crippen molar-refractivity contribution in [2.75, 3.05) is 19.6 Å². The lowest BCUT2D eigenvalue weighted by molar-refractivity contribution is 0.0402. The van der Waals surface area contributed by atoms with Crippen LogP contribution in [0.2, 0.25) is 0 Å². The van der Waals surface area contributed by atoms with Crippen molar-refractivity contribution in [2.45, 2.75) is 45.6 Å². The first kappa shape index (κ1) is 21.7. The number of benzene rings is 2. The van der Waals surface area contributed by atoms with Crippen molar-refractivity contribution < 1.29 is 14.0 Å². The molecule has 2 aromatic carbocycles. The fourth-order valence-electron chi connectivity index (χ4n) is 5.12. The molecule has 0 radical (unpaired) electrons. The van der Waals surface area contributed by atoms with E-state index in [-0.39, 0.29) is 35.0 Å². The minimum absolute atomic E-state index is 0.0958. The first-order valence-corrected chi connectivity index (χ1v) is 11.2. The summed E-state index contributed by atoms with van der Waals surface area (Å²) in [5, 5.41) is 0. The van der Waals surface area contributed by atoms with Gasteiger partial charge in [0.25, 0.3) is 11.8 Å². The Morgan fingerprint density at radius 2 is 1.71 bits per heavy atom. The zero-order chi connectivity index (χ0) is 22.3. The Kier molecular flexibility index (Phi) is 5.73. The smallest absolute Gasteiger partial charge is 0.261 e. The number of carbonyl (C=O) groups is 2. The van der Waals surface area contributed by atoms with Gasteiger partial charge in [-0.2, -0.15) is 0 Å². The molecule has 2 aliphatic heterocycles. The molecular weight excluding hydrogens is 391 g/mol. The van der Waals surface area contributed by atoms with E-state index in [1.54, 1.807) is 36.4 Å². The van der Waals surface area contributed by atoms with E-state index in [4.69, 9.17) is 0 Å². The van der Waals surface area contributed by atoms with Gasteiger partial charge in [-0.25, -0.2) is 4.39 Å². The van der Waals surface area contributed by atoms with Gasteiger partial charge >= 0.3 is 0 Å². The molecule has 31 heavy (non-hydrogen) atoms. The second kappa shape index (κ2) is 8.19. The molecule has 0 unspecified atom stereocenters. The van der Waals surface area contributed by atoms with Crippen molar-refractivity contribution >= 4 is 11.8 Å². The normalized spacial score (nSPS) is 25.2. The number of halogens is 1. The lowest BCUT2D eigenvalue weighted by Gasteiger charge is -2.46. The third-order valence-electron chi connectivity index (χ3n) is 7.42. The number of hydrogen-bond donors (Lipinski definition) is 0. The minimum atomic E-state index is -0.196. The second-order valence-corrected chi connectivity index (χ2v) is 9.68. The number of fused-ring (bicyclic) bond motifs is 1. The van der Waals surface area contributed by atoms with E-state index in [0.29, 0.717) is 23.6 Å². The molecule has 0 aromatic heterocycles. The summed E-state index contributed by atoms with van der Waals surface area (Å²) in [6.07, 6.45) is 0.907. The van der Waals surface area contributed by atoms with E-state index in [2.05, 4.69) is 32.6 Å². The summed E-state index contributed by atoms with van der Waals surface area (Å²) in [4.78, 5) is 29.9. The number of rotatable bonds is 5.